The van der Waals surface area contributed by atoms with Crippen molar-refractivity contribution in [3.8, 4) is 5.75 Å². The lowest BCUT2D eigenvalue weighted by Gasteiger charge is -2.23. The third kappa shape index (κ3) is 3.29. The molecular weight excluding hydrogens is 334 g/mol. The first kappa shape index (κ1) is 16.6. The number of carbonyl (C=O) groups is 2. The number of aliphatic carboxylic acids is 1. The summed E-state index contributed by atoms with van der Waals surface area (Å²) < 4.78 is 7.74. The molecule has 0 unspecified atom stereocenters. The lowest BCUT2D eigenvalue weighted by molar-refractivity contribution is -0.138. The van der Waals surface area contributed by atoms with E-state index in [1.165, 1.54) is 0 Å². The van der Waals surface area contributed by atoms with Gasteiger partial charge < -0.3 is 14.7 Å². The maximum atomic E-state index is 12.9. The van der Waals surface area contributed by atoms with Crippen LogP contribution >= 0.6 is 0 Å². The maximum absolute atomic E-state index is 12.9. The van der Waals surface area contributed by atoms with Gasteiger partial charge in [0.05, 0.1) is 24.4 Å². The second-order valence-electron chi connectivity index (χ2n) is 6.78. The number of carboxylic acid groups (broad SMARTS) is 1. The highest BCUT2D eigenvalue weighted by molar-refractivity contribution is 5.82. The van der Waals surface area contributed by atoms with Crippen LogP contribution in [0.5, 0.6) is 5.75 Å². The van der Waals surface area contributed by atoms with Crippen molar-refractivity contribution < 1.29 is 19.4 Å². The smallest absolute Gasteiger partial charge is 0.303 e. The molecule has 0 bridgehead atoms. The third-order valence-corrected chi connectivity index (χ3v) is 4.89. The molecule has 0 fully saturated rings. The predicted molar refractivity (Wildman–Crippen MR) is 92.8 cm³/mol. The van der Waals surface area contributed by atoms with Crippen molar-refractivity contribution in [1.82, 2.24) is 14.7 Å². The molecule has 2 aliphatic heterocycles. The van der Waals surface area contributed by atoms with Crippen molar-refractivity contribution in [3.63, 3.8) is 0 Å². The number of carboxylic acids is 1. The Labute approximate surface area is 151 Å². The van der Waals surface area contributed by atoms with Crippen molar-refractivity contribution in [1.29, 1.82) is 0 Å². The van der Waals surface area contributed by atoms with Crippen LogP contribution in [-0.2, 0) is 35.5 Å². The zero-order valence-corrected chi connectivity index (χ0v) is 14.4. The van der Waals surface area contributed by atoms with Crippen LogP contribution in [-0.4, -0.2) is 44.3 Å². The average Bonchev–Trinajstić information content (AvgIpc) is 3.17. The first-order valence-corrected chi connectivity index (χ1v) is 8.91. The molecule has 2 aromatic rings. The summed E-state index contributed by atoms with van der Waals surface area (Å²) in [5.41, 5.74) is 2.79. The van der Waals surface area contributed by atoms with Gasteiger partial charge in [-0.15, -0.1) is 0 Å². The van der Waals surface area contributed by atoms with E-state index in [0.717, 1.165) is 35.7 Å². The Hall–Kier alpha value is -2.83. The molecule has 0 saturated carbocycles. The Kier molecular flexibility index (Phi) is 4.36. The molecule has 1 N–H and O–H groups in total. The largest absolute Gasteiger partial charge is 0.481 e. The number of hydrogen-bond donors (Lipinski definition) is 1. The fraction of sp³-hybridized carbons (Fsp3) is 0.421. The molecule has 1 aromatic heterocycles. The summed E-state index contributed by atoms with van der Waals surface area (Å²) in [6.07, 6.45) is 1.43. The average molecular weight is 355 g/mol. The van der Waals surface area contributed by atoms with Crippen LogP contribution in [0, 0.1) is 0 Å². The van der Waals surface area contributed by atoms with E-state index in [1.54, 1.807) is 0 Å². The number of carbonyl (C=O) groups excluding carboxylic acids is 1. The molecule has 1 amide bonds. The highest BCUT2D eigenvalue weighted by Crippen LogP contribution is 2.29. The van der Waals surface area contributed by atoms with Crippen molar-refractivity contribution in [2.75, 3.05) is 6.54 Å². The molecule has 7 nitrogen and oxygen atoms in total. The van der Waals surface area contributed by atoms with Gasteiger partial charge in [0.25, 0.3) is 5.91 Å². The molecular formula is C19H21N3O4. The van der Waals surface area contributed by atoms with E-state index in [9.17, 15) is 9.59 Å². The lowest BCUT2D eigenvalue weighted by Crippen LogP contribution is -2.41. The molecule has 3 heterocycles. The van der Waals surface area contributed by atoms with Crippen molar-refractivity contribution >= 4 is 11.9 Å². The van der Waals surface area contributed by atoms with Crippen LogP contribution in [0.3, 0.4) is 0 Å². The van der Waals surface area contributed by atoms with E-state index in [0.29, 0.717) is 25.9 Å². The number of amides is 1. The van der Waals surface area contributed by atoms with Crippen molar-refractivity contribution in [2.45, 2.75) is 44.9 Å². The van der Waals surface area contributed by atoms with E-state index in [2.05, 4.69) is 5.10 Å². The summed E-state index contributed by atoms with van der Waals surface area (Å²) in [4.78, 5) is 25.5. The van der Waals surface area contributed by atoms with Crippen LogP contribution in [0.1, 0.15) is 29.8 Å². The molecule has 0 aliphatic carbocycles. The number of benzene rings is 1. The van der Waals surface area contributed by atoms with Gasteiger partial charge in [0.2, 0.25) is 0 Å². The normalized spacial score (nSPS) is 18.6. The fourth-order valence-corrected chi connectivity index (χ4v) is 3.59. The van der Waals surface area contributed by atoms with E-state index in [-0.39, 0.29) is 12.3 Å². The van der Waals surface area contributed by atoms with Gasteiger partial charge in [-0.3, -0.25) is 14.3 Å². The van der Waals surface area contributed by atoms with Gasteiger partial charge in [0.1, 0.15) is 5.75 Å². The predicted octanol–water partition coefficient (Wildman–Crippen LogP) is 1.64. The Morgan fingerprint density at radius 3 is 2.92 bits per heavy atom. The summed E-state index contributed by atoms with van der Waals surface area (Å²) in [5, 5.41) is 13.3. The third-order valence-electron chi connectivity index (χ3n) is 4.89. The Balaban J connectivity index is 1.45. The van der Waals surface area contributed by atoms with Crippen LogP contribution < -0.4 is 4.74 Å². The molecule has 4 rings (SSSR count). The molecule has 1 atom stereocenters. The maximum Gasteiger partial charge on any atom is 0.303 e. The number of para-hydroxylation sites is 1. The number of fused-ring (bicyclic) bond motifs is 2. The summed E-state index contributed by atoms with van der Waals surface area (Å²) >= 11 is 0. The first-order chi connectivity index (χ1) is 12.6. The summed E-state index contributed by atoms with van der Waals surface area (Å²) in [6, 6.07) is 9.68. The molecule has 7 heteroatoms. The van der Waals surface area contributed by atoms with Crippen LogP contribution in [0.4, 0.5) is 0 Å². The Morgan fingerprint density at radius 2 is 2.12 bits per heavy atom. The van der Waals surface area contributed by atoms with Gasteiger partial charge >= 0.3 is 5.97 Å². The van der Waals surface area contributed by atoms with Crippen molar-refractivity contribution in [3.05, 3.63) is 47.3 Å². The standard InChI is InChI=1S/C19H21N3O4/c23-18(24)7-6-14-11-15-12-21(8-3-9-22(15)20-14)19(25)17-10-13-4-1-2-5-16(13)26-17/h1-2,4-5,11,17H,3,6-10,12H2,(H,23,24)/t17-/m0/s1. The zero-order chi connectivity index (χ0) is 18.1. The van der Waals surface area contributed by atoms with E-state index >= 15 is 0 Å². The van der Waals surface area contributed by atoms with Crippen LogP contribution in [0.25, 0.3) is 0 Å². The Morgan fingerprint density at radius 1 is 1.27 bits per heavy atom. The first-order valence-electron chi connectivity index (χ1n) is 8.91. The van der Waals surface area contributed by atoms with E-state index in [1.807, 2.05) is 39.9 Å². The topological polar surface area (TPSA) is 84.7 Å². The quantitative estimate of drug-likeness (QED) is 0.901. The van der Waals surface area contributed by atoms with Gasteiger partial charge in [-0.05, 0) is 24.1 Å². The van der Waals surface area contributed by atoms with Gasteiger partial charge in [-0.25, -0.2) is 0 Å². The monoisotopic (exact) mass is 355 g/mol. The molecule has 1 aromatic carbocycles. The number of hydrogen-bond acceptors (Lipinski definition) is 4. The molecule has 0 radical (unpaired) electrons. The fourth-order valence-electron chi connectivity index (χ4n) is 3.59. The number of aromatic nitrogens is 2. The van der Waals surface area contributed by atoms with E-state index in [4.69, 9.17) is 9.84 Å². The highest BCUT2D eigenvalue weighted by Gasteiger charge is 2.33. The zero-order valence-electron chi connectivity index (χ0n) is 14.4. The SMILES string of the molecule is O=C(O)CCc1cc2n(n1)CCCN(C(=O)[C@@H]1Cc3ccccc3O1)C2. The molecule has 0 spiro atoms. The van der Waals surface area contributed by atoms with E-state index < -0.39 is 12.1 Å². The van der Waals surface area contributed by atoms with Crippen molar-refractivity contribution in [2.24, 2.45) is 0 Å². The van der Waals surface area contributed by atoms with Crippen LogP contribution in [0.2, 0.25) is 0 Å². The molecule has 2 aliphatic rings. The molecule has 136 valence electrons. The summed E-state index contributed by atoms with van der Waals surface area (Å²) in [5.74, 6) is -0.0347. The number of aryl methyl sites for hydroxylation is 2. The van der Waals surface area contributed by atoms with Crippen LogP contribution in [0.15, 0.2) is 30.3 Å². The minimum Gasteiger partial charge on any atom is -0.481 e. The number of nitrogens with zero attached hydrogens (tertiary/aromatic N) is 3. The Bertz CT molecular complexity index is 820. The lowest BCUT2D eigenvalue weighted by atomic mass is 10.1. The number of rotatable bonds is 4. The minimum atomic E-state index is -0.831. The number of ether oxygens (including phenoxy) is 1. The minimum absolute atomic E-state index is 0.00272. The van der Waals surface area contributed by atoms with Gasteiger partial charge in [0.15, 0.2) is 6.10 Å². The second kappa shape index (κ2) is 6.82. The van der Waals surface area contributed by atoms with Gasteiger partial charge in [0, 0.05) is 25.9 Å². The molecule has 0 saturated heterocycles. The molecule has 26 heavy (non-hydrogen) atoms. The highest BCUT2D eigenvalue weighted by atomic mass is 16.5. The summed E-state index contributed by atoms with van der Waals surface area (Å²) in [7, 11) is 0. The van der Waals surface area contributed by atoms with Gasteiger partial charge in [-0.2, -0.15) is 5.10 Å². The second-order valence-corrected chi connectivity index (χ2v) is 6.78. The summed E-state index contributed by atoms with van der Waals surface area (Å²) in [6.45, 7) is 1.88. The van der Waals surface area contributed by atoms with Gasteiger partial charge in [-0.1, -0.05) is 18.2 Å².